The van der Waals surface area contributed by atoms with Crippen LogP contribution in [0.25, 0.3) is 22.4 Å². The van der Waals surface area contributed by atoms with Gasteiger partial charge in [-0.2, -0.15) is 18.3 Å². The van der Waals surface area contributed by atoms with Gasteiger partial charge in [0.2, 0.25) is 5.91 Å². The average molecular weight is 847 g/mol. The second-order valence-corrected chi connectivity index (χ2v) is 16.2. The smallest absolute Gasteiger partial charge is 0.379 e. The summed E-state index contributed by atoms with van der Waals surface area (Å²) in [6, 6.07) is 6.56. The van der Waals surface area contributed by atoms with Gasteiger partial charge in [-0.3, -0.25) is 24.0 Å². The molecular formula is C40H46ClF5N9O4+. The average Bonchev–Trinajstić information content (AvgIpc) is 3.82. The van der Waals surface area contributed by atoms with Crippen molar-refractivity contribution in [3.8, 4) is 22.4 Å². The highest BCUT2D eigenvalue weighted by Gasteiger charge is 2.40. The minimum Gasteiger partial charge on any atom is -0.379 e. The van der Waals surface area contributed by atoms with Crippen LogP contribution < -0.4 is 5.32 Å². The van der Waals surface area contributed by atoms with Gasteiger partial charge in [-0.1, -0.05) is 17.7 Å². The first-order valence-electron chi connectivity index (χ1n) is 19.5. The SMILES string of the molecule is Cn1c(-c2ccc(-c3cnn(CCN4CCOCC4)c3C(F)(F)F)c(F)c2F)cnc1C(=O)Nc1ccc(C(=O)N2CCN(C(=O)C3CC[N+](C)(C)CC3)CC2)c(Cl)c1. The Morgan fingerprint density at radius 1 is 0.881 bits per heavy atom. The summed E-state index contributed by atoms with van der Waals surface area (Å²) in [5.74, 6) is -4.03. The first-order chi connectivity index (χ1) is 28.0. The van der Waals surface area contributed by atoms with Crippen LogP contribution in [0.2, 0.25) is 5.02 Å². The van der Waals surface area contributed by atoms with Gasteiger partial charge < -0.3 is 28.9 Å². The highest BCUT2D eigenvalue weighted by molar-refractivity contribution is 6.34. The molecule has 2 aromatic heterocycles. The summed E-state index contributed by atoms with van der Waals surface area (Å²) in [6.45, 7) is 5.67. The first-order valence-corrected chi connectivity index (χ1v) is 19.8. The lowest BCUT2D eigenvalue weighted by Gasteiger charge is -2.40. The van der Waals surface area contributed by atoms with Crippen LogP contribution in [0.4, 0.5) is 27.6 Å². The number of anilines is 1. The molecule has 59 heavy (non-hydrogen) atoms. The number of amides is 3. The Kier molecular flexibility index (Phi) is 12.2. The molecule has 19 heteroatoms. The number of nitrogens with one attached hydrogen (secondary N) is 1. The number of quaternary nitrogens is 1. The van der Waals surface area contributed by atoms with Crippen molar-refractivity contribution in [2.75, 3.05) is 91.5 Å². The number of carbonyl (C=O) groups is 3. The molecule has 3 saturated heterocycles. The van der Waals surface area contributed by atoms with Crippen molar-refractivity contribution in [2.45, 2.75) is 25.6 Å². The van der Waals surface area contributed by atoms with Crippen molar-refractivity contribution in [3.63, 3.8) is 0 Å². The number of piperazine rings is 1. The number of imidazole rings is 1. The molecule has 3 amide bonds. The van der Waals surface area contributed by atoms with E-state index in [0.717, 1.165) is 59.6 Å². The molecule has 316 valence electrons. The maximum atomic E-state index is 15.7. The number of aromatic nitrogens is 4. The van der Waals surface area contributed by atoms with Crippen molar-refractivity contribution in [3.05, 3.63) is 76.5 Å². The number of rotatable bonds is 9. The Bertz CT molecular complexity index is 2220. The van der Waals surface area contributed by atoms with Gasteiger partial charge in [0.05, 0.1) is 75.6 Å². The lowest BCUT2D eigenvalue weighted by molar-refractivity contribution is -0.895. The van der Waals surface area contributed by atoms with Gasteiger partial charge in [-0.25, -0.2) is 13.8 Å². The Balaban J connectivity index is 0.999. The second-order valence-electron chi connectivity index (χ2n) is 15.8. The Labute approximate surface area is 342 Å². The lowest BCUT2D eigenvalue weighted by Crippen LogP contribution is -2.54. The van der Waals surface area contributed by atoms with Crippen molar-refractivity contribution in [2.24, 2.45) is 13.0 Å². The zero-order chi connectivity index (χ0) is 42.2. The molecule has 0 radical (unpaired) electrons. The van der Waals surface area contributed by atoms with E-state index in [1.807, 2.05) is 9.80 Å². The molecule has 3 aliphatic rings. The zero-order valence-corrected chi connectivity index (χ0v) is 33.8. The van der Waals surface area contributed by atoms with Crippen molar-refractivity contribution >= 4 is 35.0 Å². The topological polar surface area (TPSA) is 118 Å². The van der Waals surface area contributed by atoms with Crippen LogP contribution in [-0.2, 0) is 29.3 Å². The lowest BCUT2D eigenvalue weighted by atomic mass is 9.94. The largest absolute Gasteiger partial charge is 0.433 e. The van der Waals surface area contributed by atoms with Gasteiger partial charge in [0.25, 0.3) is 11.8 Å². The van der Waals surface area contributed by atoms with Gasteiger partial charge in [-0.05, 0) is 24.3 Å². The summed E-state index contributed by atoms with van der Waals surface area (Å²) in [4.78, 5) is 49.4. The molecule has 0 saturated carbocycles. The quantitative estimate of drug-likeness (QED) is 0.181. The molecule has 0 unspecified atom stereocenters. The molecule has 7 rings (SSSR count). The summed E-state index contributed by atoms with van der Waals surface area (Å²) >= 11 is 6.53. The van der Waals surface area contributed by atoms with E-state index in [2.05, 4.69) is 29.5 Å². The molecule has 0 spiro atoms. The normalized spacial score (nSPS) is 18.0. The standard InChI is InChI=1S/C40H45ClF5N9O4/c1-50-32(29-7-6-27(33(42)34(29)43)30-23-48-54(35(30)40(44,45)46)15-10-51-16-20-59-21-17-51)24-47-36(50)37(56)49-26-4-5-28(31(41)22-26)39(58)53-13-11-52(12-14-53)38(57)25-8-18-55(2,3)19-9-25/h4-7,22-25H,8-21H2,1-3H3/p+1. The van der Waals surface area contributed by atoms with Crippen molar-refractivity contribution in [1.82, 2.24) is 34.0 Å². The van der Waals surface area contributed by atoms with E-state index in [1.54, 1.807) is 4.90 Å². The highest BCUT2D eigenvalue weighted by atomic mass is 35.5. The van der Waals surface area contributed by atoms with E-state index in [0.29, 0.717) is 52.5 Å². The number of morpholine rings is 1. The molecule has 0 atom stereocenters. The highest BCUT2D eigenvalue weighted by Crippen LogP contribution is 2.40. The third-order valence-corrected chi connectivity index (χ3v) is 11.8. The van der Waals surface area contributed by atoms with Gasteiger partial charge >= 0.3 is 6.18 Å². The van der Waals surface area contributed by atoms with E-state index in [1.165, 1.54) is 29.8 Å². The Hall–Kier alpha value is -4.91. The number of piperidine rings is 1. The minimum absolute atomic E-state index is 0.00538. The Morgan fingerprint density at radius 2 is 1.53 bits per heavy atom. The number of ether oxygens (including phenoxy) is 1. The molecule has 0 bridgehead atoms. The summed E-state index contributed by atoms with van der Waals surface area (Å²) in [7, 11) is 5.74. The third-order valence-electron chi connectivity index (χ3n) is 11.5. The predicted molar refractivity (Wildman–Crippen MR) is 208 cm³/mol. The predicted octanol–water partition coefficient (Wildman–Crippen LogP) is 5.26. The van der Waals surface area contributed by atoms with Crippen molar-refractivity contribution < 1.29 is 45.6 Å². The molecule has 2 aromatic carbocycles. The number of hydrogen-bond donors (Lipinski definition) is 1. The molecule has 4 aromatic rings. The number of carbonyl (C=O) groups excluding carboxylic acids is 3. The number of halogens is 6. The van der Waals surface area contributed by atoms with Crippen LogP contribution >= 0.6 is 11.6 Å². The fourth-order valence-corrected chi connectivity index (χ4v) is 8.22. The van der Waals surface area contributed by atoms with E-state index in [4.69, 9.17) is 16.3 Å². The molecular weight excluding hydrogens is 801 g/mol. The van der Waals surface area contributed by atoms with Gasteiger partial charge in [0, 0.05) is 94.0 Å². The number of alkyl halides is 3. The number of hydrogen-bond acceptors (Lipinski definition) is 7. The molecule has 5 heterocycles. The van der Waals surface area contributed by atoms with Crippen LogP contribution in [0, 0.1) is 17.6 Å². The Morgan fingerprint density at radius 3 is 2.19 bits per heavy atom. The maximum absolute atomic E-state index is 15.7. The van der Waals surface area contributed by atoms with E-state index in [9.17, 15) is 27.6 Å². The van der Waals surface area contributed by atoms with E-state index >= 15 is 8.78 Å². The van der Waals surface area contributed by atoms with Gasteiger partial charge in [0.15, 0.2) is 23.2 Å². The summed E-state index contributed by atoms with van der Waals surface area (Å²) < 4.78 is 82.5. The monoisotopic (exact) mass is 846 g/mol. The molecule has 0 aliphatic carbocycles. The van der Waals surface area contributed by atoms with Crippen molar-refractivity contribution in [1.29, 1.82) is 0 Å². The fraction of sp³-hybridized carbons (Fsp3) is 0.475. The summed E-state index contributed by atoms with van der Waals surface area (Å²) in [6.07, 6.45) is -1.19. The van der Waals surface area contributed by atoms with Crippen LogP contribution in [-0.4, -0.2) is 142 Å². The minimum atomic E-state index is -4.91. The number of likely N-dealkylation sites (tertiary alicyclic amines) is 1. The van der Waals surface area contributed by atoms with Gasteiger partial charge in [-0.15, -0.1) is 0 Å². The van der Waals surface area contributed by atoms with E-state index < -0.39 is 40.5 Å². The maximum Gasteiger partial charge on any atom is 0.433 e. The molecule has 3 aliphatic heterocycles. The summed E-state index contributed by atoms with van der Waals surface area (Å²) in [5, 5.41) is 6.61. The fourth-order valence-electron chi connectivity index (χ4n) is 7.96. The first kappa shape index (κ1) is 42.2. The molecule has 3 fully saturated rings. The van der Waals surface area contributed by atoms with Crippen LogP contribution in [0.15, 0.2) is 42.7 Å². The van der Waals surface area contributed by atoms with Gasteiger partial charge in [0.1, 0.15) is 0 Å². The van der Waals surface area contributed by atoms with E-state index in [-0.39, 0.29) is 64.2 Å². The number of nitrogens with zero attached hydrogens (tertiary/aromatic N) is 8. The van der Waals surface area contributed by atoms with Crippen LogP contribution in [0.1, 0.15) is 39.5 Å². The van der Waals surface area contributed by atoms with Crippen LogP contribution in [0.5, 0.6) is 0 Å². The second kappa shape index (κ2) is 17.0. The number of benzene rings is 2. The van der Waals surface area contributed by atoms with Crippen LogP contribution in [0.3, 0.4) is 0 Å². The zero-order valence-electron chi connectivity index (χ0n) is 33.0. The molecule has 13 nitrogen and oxygen atoms in total. The molecule has 1 N–H and O–H groups in total. The third kappa shape index (κ3) is 9.00. The summed E-state index contributed by atoms with van der Waals surface area (Å²) in [5.41, 5.74) is -2.31.